The van der Waals surface area contributed by atoms with Gasteiger partial charge in [-0.3, -0.25) is 0 Å². The molecule has 2 aromatic carbocycles. The van der Waals surface area contributed by atoms with E-state index in [9.17, 15) is 4.79 Å². The van der Waals surface area contributed by atoms with Crippen molar-refractivity contribution in [3.63, 3.8) is 0 Å². The van der Waals surface area contributed by atoms with Crippen molar-refractivity contribution in [3.8, 4) is 11.5 Å². The van der Waals surface area contributed by atoms with Crippen LogP contribution in [0.5, 0.6) is 11.5 Å². The second-order valence-electron chi connectivity index (χ2n) is 4.54. The van der Waals surface area contributed by atoms with E-state index >= 15 is 0 Å². The number of amides is 2. The fourth-order valence-electron chi connectivity index (χ4n) is 1.82. The third-order valence-electron chi connectivity index (χ3n) is 2.85. The number of urea groups is 1. The highest BCUT2D eigenvalue weighted by molar-refractivity contribution is 6.34. The van der Waals surface area contributed by atoms with Crippen LogP contribution in [0, 0.1) is 0 Å². The number of nitrogen functional groups attached to an aromatic ring is 1. The van der Waals surface area contributed by atoms with Crippen molar-refractivity contribution in [2.75, 3.05) is 24.4 Å². The molecule has 0 spiro atoms. The molecule has 2 amide bonds. The third kappa shape index (κ3) is 4.96. The van der Waals surface area contributed by atoms with Crippen LogP contribution in [0.15, 0.2) is 42.5 Å². The van der Waals surface area contributed by atoms with Gasteiger partial charge in [0.1, 0.15) is 0 Å². The standard InChI is InChI=1S/C16H18ClN3O3/c1-2-22-14-5-3-4-6-15(14)23-10-19-16(21)20-13-8-7-11(18)9-12(13)17/h3-9H,2,10,18H2,1H3,(H2,19,20,21). The molecule has 0 bridgehead atoms. The molecular formula is C16H18ClN3O3. The van der Waals surface area contributed by atoms with Gasteiger partial charge in [0.15, 0.2) is 18.2 Å². The van der Waals surface area contributed by atoms with Gasteiger partial charge in [-0.2, -0.15) is 0 Å². The molecule has 122 valence electrons. The number of carbonyl (C=O) groups excluding carboxylic acids is 1. The molecule has 6 nitrogen and oxygen atoms in total. The van der Waals surface area contributed by atoms with Gasteiger partial charge < -0.3 is 25.8 Å². The molecule has 0 aliphatic carbocycles. The van der Waals surface area contributed by atoms with Gasteiger partial charge >= 0.3 is 6.03 Å². The minimum absolute atomic E-state index is 0.0114. The highest BCUT2D eigenvalue weighted by Crippen LogP contribution is 2.26. The quantitative estimate of drug-likeness (QED) is 0.557. The van der Waals surface area contributed by atoms with Crippen LogP contribution in [0.25, 0.3) is 0 Å². The van der Waals surface area contributed by atoms with Crippen molar-refractivity contribution in [1.29, 1.82) is 0 Å². The van der Waals surface area contributed by atoms with E-state index in [2.05, 4.69) is 10.6 Å². The van der Waals surface area contributed by atoms with Crippen molar-refractivity contribution >= 4 is 29.0 Å². The van der Waals surface area contributed by atoms with Crippen molar-refractivity contribution in [2.45, 2.75) is 6.92 Å². The van der Waals surface area contributed by atoms with Gasteiger partial charge in [-0.05, 0) is 37.3 Å². The van der Waals surface area contributed by atoms with Crippen LogP contribution in [0.3, 0.4) is 0 Å². The number of carbonyl (C=O) groups is 1. The summed E-state index contributed by atoms with van der Waals surface area (Å²) in [5.41, 5.74) is 6.59. The minimum Gasteiger partial charge on any atom is -0.490 e. The van der Waals surface area contributed by atoms with E-state index in [1.807, 2.05) is 19.1 Å². The summed E-state index contributed by atoms with van der Waals surface area (Å²) in [4.78, 5) is 11.8. The van der Waals surface area contributed by atoms with E-state index in [4.69, 9.17) is 26.8 Å². The maximum absolute atomic E-state index is 11.8. The van der Waals surface area contributed by atoms with Crippen LogP contribution in [0.1, 0.15) is 6.92 Å². The molecule has 0 radical (unpaired) electrons. The minimum atomic E-state index is -0.439. The fraction of sp³-hybridized carbons (Fsp3) is 0.188. The molecule has 7 heteroatoms. The van der Waals surface area contributed by atoms with E-state index in [0.29, 0.717) is 34.5 Å². The first-order chi connectivity index (χ1) is 11.1. The Morgan fingerprint density at radius 3 is 2.52 bits per heavy atom. The van der Waals surface area contributed by atoms with Gasteiger partial charge in [-0.15, -0.1) is 0 Å². The molecule has 0 heterocycles. The Balaban J connectivity index is 1.85. The Hall–Kier alpha value is -2.60. The first kappa shape index (κ1) is 16.8. The zero-order chi connectivity index (χ0) is 16.7. The lowest BCUT2D eigenvalue weighted by Crippen LogP contribution is -2.32. The average molecular weight is 336 g/mol. The number of rotatable bonds is 6. The molecule has 2 rings (SSSR count). The number of para-hydroxylation sites is 2. The SMILES string of the molecule is CCOc1ccccc1OCNC(=O)Nc1ccc(N)cc1Cl. The van der Waals surface area contributed by atoms with Gasteiger partial charge in [0.25, 0.3) is 0 Å². The van der Waals surface area contributed by atoms with Crippen molar-refractivity contribution in [2.24, 2.45) is 0 Å². The predicted octanol–water partition coefficient (Wildman–Crippen LogP) is 3.48. The van der Waals surface area contributed by atoms with E-state index in [0.717, 1.165) is 0 Å². The van der Waals surface area contributed by atoms with Crippen LogP contribution < -0.4 is 25.8 Å². The van der Waals surface area contributed by atoms with E-state index in [-0.39, 0.29) is 6.73 Å². The summed E-state index contributed by atoms with van der Waals surface area (Å²) in [6.07, 6.45) is 0. The normalized spacial score (nSPS) is 10.0. The maximum atomic E-state index is 11.8. The van der Waals surface area contributed by atoms with Gasteiger partial charge in [-0.25, -0.2) is 4.79 Å². The first-order valence-electron chi connectivity index (χ1n) is 7.04. The molecule has 4 N–H and O–H groups in total. The number of hydrogen-bond donors (Lipinski definition) is 3. The van der Waals surface area contributed by atoms with Crippen LogP contribution >= 0.6 is 11.6 Å². The summed E-state index contributed by atoms with van der Waals surface area (Å²) >= 11 is 5.99. The monoisotopic (exact) mass is 335 g/mol. The molecule has 0 aromatic heterocycles. The number of hydrogen-bond acceptors (Lipinski definition) is 4. The van der Waals surface area contributed by atoms with E-state index in [1.165, 1.54) is 0 Å². The van der Waals surface area contributed by atoms with Crippen LogP contribution in [-0.2, 0) is 0 Å². The number of nitrogens with two attached hydrogens (primary N) is 1. The summed E-state index contributed by atoms with van der Waals surface area (Å²) in [7, 11) is 0. The lowest BCUT2D eigenvalue weighted by Gasteiger charge is -2.13. The fourth-order valence-corrected chi connectivity index (χ4v) is 2.06. The summed E-state index contributed by atoms with van der Waals surface area (Å²) in [6, 6.07) is 11.6. The summed E-state index contributed by atoms with van der Waals surface area (Å²) in [5.74, 6) is 1.18. The van der Waals surface area contributed by atoms with Crippen LogP contribution in [0.4, 0.5) is 16.2 Å². The largest absolute Gasteiger partial charge is 0.490 e. The molecule has 0 atom stereocenters. The Bertz CT molecular complexity index is 679. The highest BCUT2D eigenvalue weighted by atomic mass is 35.5. The topological polar surface area (TPSA) is 85.6 Å². The molecular weight excluding hydrogens is 318 g/mol. The van der Waals surface area contributed by atoms with E-state index in [1.54, 1.807) is 30.3 Å². The highest BCUT2D eigenvalue weighted by Gasteiger charge is 2.07. The van der Waals surface area contributed by atoms with Gasteiger partial charge in [0, 0.05) is 5.69 Å². The lowest BCUT2D eigenvalue weighted by molar-refractivity contribution is 0.229. The molecule has 0 saturated heterocycles. The number of benzene rings is 2. The first-order valence-corrected chi connectivity index (χ1v) is 7.42. The van der Waals surface area contributed by atoms with Crippen LogP contribution in [0.2, 0.25) is 5.02 Å². The van der Waals surface area contributed by atoms with Crippen molar-refractivity contribution < 1.29 is 14.3 Å². The summed E-state index contributed by atoms with van der Waals surface area (Å²) < 4.78 is 10.9. The van der Waals surface area contributed by atoms with Crippen molar-refractivity contribution in [1.82, 2.24) is 5.32 Å². The number of nitrogens with one attached hydrogen (secondary N) is 2. The van der Waals surface area contributed by atoms with Crippen molar-refractivity contribution in [3.05, 3.63) is 47.5 Å². The lowest BCUT2D eigenvalue weighted by atomic mass is 10.3. The molecule has 23 heavy (non-hydrogen) atoms. The van der Waals surface area contributed by atoms with Gasteiger partial charge in [0.05, 0.1) is 17.3 Å². The maximum Gasteiger partial charge on any atom is 0.321 e. The molecule has 0 saturated carbocycles. The smallest absolute Gasteiger partial charge is 0.321 e. The molecule has 0 fully saturated rings. The molecule has 0 aliphatic rings. The Kier molecular flexibility index (Phi) is 5.94. The number of halogens is 1. The Morgan fingerprint density at radius 1 is 1.17 bits per heavy atom. The molecule has 0 aliphatic heterocycles. The summed E-state index contributed by atoms with van der Waals surface area (Å²) in [6.45, 7) is 2.41. The van der Waals surface area contributed by atoms with Crippen LogP contribution in [-0.4, -0.2) is 19.4 Å². The Labute approximate surface area is 139 Å². The Morgan fingerprint density at radius 2 is 1.87 bits per heavy atom. The third-order valence-corrected chi connectivity index (χ3v) is 3.16. The molecule has 0 unspecified atom stereocenters. The molecule has 2 aromatic rings. The van der Waals surface area contributed by atoms with Gasteiger partial charge in [0.2, 0.25) is 0 Å². The average Bonchev–Trinajstić information content (AvgIpc) is 2.52. The zero-order valence-corrected chi connectivity index (χ0v) is 13.4. The predicted molar refractivity (Wildman–Crippen MR) is 91.1 cm³/mol. The second kappa shape index (κ2) is 8.14. The van der Waals surface area contributed by atoms with E-state index < -0.39 is 6.03 Å². The number of anilines is 2. The zero-order valence-electron chi connectivity index (χ0n) is 12.6. The number of ether oxygens (including phenoxy) is 2. The summed E-state index contributed by atoms with van der Waals surface area (Å²) in [5, 5.41) is 5.55. The van der Waals surface area contributed by atoms with Gasteiger partial charge in [-0.1, -0.05) is 23.7 Å². The second-order valence-corrected chi connectivity index (χ2v) is 4.95.